The zero-order chi connectivity index (χ0) is 16.9. The lowest BCUT2D eigenvalue weighted by Gasteiger charge is -2.10. The van der Waals surface area contributed by atoms with Gasteiger partial charge in [-0.3, -0.25) is 4.79 Å². The SMILES string of the molecule is O=C(Oc1cnc2ccccc2n1)C(=O)C(Cl)Oc1ccccc1. The van der Waals surface area contributed by atoms with Gasteiger partial charge in [0.2, 0.25) is 11.4 Å². The molecule has 0 aliphatic heterocycles. The Morgan fingerprint density at radius 1 is 0.958 bits per heavy atom. The van der Waals surface area contributed by atoms with Gasteiger partial charge in [0, 0.05) is 0 Å². The number of benzene rings is 2. The highest BCUT2D eigenvalue weighted by molar-refractivity contribution is 6.47. The fourth-order valence-electron chi connectivity index (χ4n) is 1.90. The molecular weight excluding hydrogens is 332 g/mol. The van der Waals surface area contributed by atoms with Gasteiger partial charge >= 0.3 is 5.97 Å². The number of rotatable bonds is 5. The van der Waals surface area contributed by atoms with Crippen LogP contribution < -0.4 is 9.47 Å². The number of Topliss-reactive ketones (excluding diaryl/α,β-unsaturated/α-hetero) is 1. The van der Waals surface area contributed by atoms with E-state index in [-0.39, 0.29) is 5.88 Å². The van der Waals surface area contributed by atoms with Gasteiger partial charge in [0.05, 0.1) is 17.2 Å². The molecule has 0 fully saturated rings. The predicted octanol–water partition coefficient (Wildman–Crippen LogP) is 2.75. The molecule has 6 nitrogen and oxygen atoms in total. The number of ether oxygens (including phenoxy) is 2. The van der Waals surface area contributed by atoms with Crippen molar-refractivity contribution in [3.63, 3.8) is 0 Å². The number of ketones is 1. The molecule has 1 atom stereocenters. The molecular formula is C17H11ClN2O4. The van der Waals surface area contributed by atoms with Crippen molar-refractivity contribution in [2.75, 3.05) is 0 Å². The summed E-state index contributed by atoms with van der Waals surface area (Å²) in [6.07, 6.45) is 1.26. The molecule has 120 valence electrons. The highest BCUT2D eigenvalue weighted by Crippen LogP contribution is 2.16. The number of fused-ring (bicyclic) bond motifs is 1. The first-order valence-electron chi connectivity index (χ1n) is 6.97. The van der Waals surface area contributed by atoms with Gasteiger partial charge in [-0.25, -0.2) is 14.8 Å². The van der Waals surface area contributed by atoms with E-state index in [1.165, 1.54) is 6.20 Å². The molecule has 1 heterocycles. The lowest BCUT2D eigenvalue weighted by atomic mass is 10.3. The molecule has 0 bridgehead atoms. The number of alkyl halides is 1. The second-order valence-corrected chi connectivity index (χ2v) is 5.09. The number of carbonyl (C=O) groups excluding carboxylic acids is 2. The monoisotopic (exact) mass is 342 g/mol. The molecule has 0 spiro atoms. The van der Waals surface area contributed by atoms with Crippen LogP contribution in [0.5, 0.6) is 11.6 Å². The molecule has 2 aromatic carbocycles. The molecule has 1 aromatic heterocycles. The number of nitrogens with zero attached hydrogens (tertiary/aromatic N) is 2. The first-order valence-corrected chi connectivity index (χ1v) is 7.41. The van der Waals surface area contributed by atoms with Crippen LogP contribution in [0.2, 0.25) is 0 Å². The highest BCUT2D eigenvalue weighted by atomic mass is 35.5. The van der Waals surface area contributed by atoms with E-state index in [1.54, 1.807) is 48.5 Å². The van der Waals surface area contributed by atoms with Crippen molar-refractivity contribution in [2.45, 2.75) is 5.56 Å². The molecule has 24 heavy (non-hydrogen) atoms. The summed E-state index contributed by atoms with van der Waals surface area (Å²) in [4.78, 5) is 32.0. The average Bonchev–Trinajstić information content (AvgIpc) is 2.61. The topological polar surface area (TPSA) is 78.4 Å². The zero-order valence-corrected chi connectivity index (χ0v) is 13.0. The Morgan fingerprint density at radius 3 is 2.38 bits per heavy atom. The van der Waals surface area contributed by atoms with Crippen LogP contribution in [0.4, 0.5) is 0 Å². The van der Waals surface area contributed by atoms with Crippen molar-refractivity contribution >= 4 is 34.4 Å². The summed E-state index contributed by atoms with van der Waals surface area (Å²) in [6, 6.07) is 15.5. The number of esters is 1. The van der Waals surface area contributed by atoms with Crippen molar-refractivity contribution in [1.29, 1.82) is 0 Å². The Balaban J connectivity index is 1.67. The molecule has 0 radical (unpaired) electrons. The van der Waals surface area contributed by atoms with Crippen molar-refractivity contribution in [1.82, 2.24) is 9.97 Å². The van der Waals surface area contributed by atoms with Crippen LogP contribution in [0, 0.1) is 0 Å². The number of hydrogen-bond acceptors (Lipinski definition) is 6. The van der Waals surface area contributed by atoms with E-state index in [0.29, 0.717) is 16.8 Å². The second-order valence-electron chi connectivity index (χ2n) is 4.70. The van der Waals surface area contributed by atoms with Crippen LogP contribution in [0.15, 0.2) is 60.8 Å². The minimum atomic E-state index is -1.49. The van der Waals surface area contributed by atoms with E-state index >= 15 is 0 Å². The molecule has 0 saturated carbocycles. The minimum absolute atomic E-state index is 0.0874. The third-order valence-corrected chi connectivity index (χ3v) is 3.30. The Hall–Kier alpha value is -2.99. The second kappa shape index (κ2) is 7.06. The van der Waals surface area contributed by atoms with Crippen LogP contribution in [0.25, 0.3) is 11.0 Å². The summed E-state index contributed by atoms with van der Waals surface area (Å²) < 4.78 is 10.1. The maximum atomic E-state index is 11.9. The standard InChI is InChI=1S/C17H11ClN2O4/c18-16(23-11-6-2-1-3-7-11)15(21)17(22)24-14-10-19-12-8-4-5-9-13(12)20-14/h1-10,16H. The highest BCUT2D eigenvalue weighted by Gasteiger charge is 2.27. The predicted molar refractivity (Wildman–Crippen MR) is 86.9 cm³/mol. The summed E-state index contributed by atoms with van der Waals surface area (Å²) in [5.74, 6) is -1.93. The van der Waals surface area contributed by atoms with E-state index in [0.717, 1.165) is 0 Å². The summed E-state index contributed by atoms with van der Waals surface area (Å²) >= 11 is 5.81. The third kappa shape index (κ3) is 3.67. The molecule has 3 rings (SSSR count). The van der Waals surface area contributed by atoms with E-state index in [9.17, 15) is 9.59 Å². The van der Waals surface area contributed by atoms with Crippen LogP contribution in [-0.2, 0) is 9.59 Å². The van der Waals surface area contributed by atoms with Gasteiger partial charge in [-0.05, 0) is 24.3 Å². The molecule has 1 unspecified atom stereocenters. The van der Waals surface area contributed by atoms with Crippen LogP contribution >= 0.6 is 11.6 Å². The molecule has 7 heteroatoms. The number of halogens is 1. The minimum Gasteiger partial charge on any atom is -0.466 e. The lowest BCUT2D eigenvalue weighted by molar-refractivity contribution is -0.149. The number of carbonyl (C=O) groups is 2. The summed E-state index contributed by atoms with van der Waals surface area (Å²) in [7, 11) is 0. The number of aromatic nitrogens is 2. The largest absolute Gasteiger partial charge is 0.466 e. The molecule has 3 aromatic rings. The Labute approximate surface area is 142 Å². The Morgan fingerprint density at radius 2 is 1.62 bits per heavy atom. The Bertz CT molecular complexity index is 886. The van der Waals surface area contributed by atoms with Crippen molar-refractivity contribution in [3.8, 4) is 11.6 Å². The van der Waals surface area contributed by atoms with E-state index < -0.39 is 17.3 Å². The van der Waals surface area contributed by atoms with Crippen LogP contribution in [0.3, 0.4) is 0 Å². The van der Waals surface area contributed by atoms with Crippen LogP contribution in [0.1, 0.15) is 0 Å². The number of para-hydroxylation sites is 3. The maximum absolute atomic E-state index is 11.9. The summed E-state index contributed by atoms with van der Waals surface area (Å²) in [5.41, 5.74) is -0.308. The number of hydrogen-bond donors (Lipinski definition) is 0. The summed E-state index contributed by atoms with van der Waals surface area (Å²) in [5, 5.41) is 0. The molecule has 0 amide bonds. The average molecular weight is 343 g/mol. The first-order chi connectivity index (χ1) is 11.6. The maximum Gasteiger partial charge on any atom is 0.386 e. The zero-order valence-electron chi connectivity index (χ0n) is 12.3. The molecule has 0 saturated heterocycles. The van der Waals surface area contributed by atoms with Crippen molar-refractivity contribution < 1.29 is 19.1 Å². The van der Waals surface area contributed by atoms with Gasteiger partial charge in [0.15, 0.2) is 0 Å². The van der Waals surface area contributed by atoms with Gasteiger partial charge in [-0.2, -0.15) is 0 Å². The lowest BCUT2D eigenvalue weighted by Crippen LogP contribution is -2.32. The third-order valence-electron chi connectivity index (χ3n) is 3.01. The smallest absolute Gasteiger partial charge is 0.386 e. The van der Waals surface area contributed by atoms with E-state index in [4.69, 9.17) is 21.1 Å². The molecule has 0 N–H and O–H groups in total. The van der Waals surface area contributed by atoms with Gasteiger partial charge in [-0.15, -0.1) is 0 Å². The fourth-order valence-corrected chi connectivity index (χ4v) is 2.09. The van der Waals surface area contributed by atoms with Crippen molar-refractivity contribution in [3.05, 3.63) is 60.8 Å². The van der Waals surface area contributed by atoms with E-state index in [2.05, 4.69) is 9.97 Å². The van der Waals surface area contributed by atoms with Crippen LogP contribution in [-0.4, -0.2) is 27.3 Å². The first kappa shape index (κ1) is 15.9. The molecule has 0 aliphatic carbocycles. The summed E-state index contributed by atoms with van der Waals surface area (Å²) in [6.45, 7) is 0. The van der Waals surface area contributed by atoms with Gasteiger partial charge < -0.3 is 9.47 Å². The fraction of sp³-hybridized carbons (Fsp3) is 0.0588. The van der Waals surface area contributed by atoms with Crippen molar-refractivity contribution in [2.24, 2.45) is 0 Å². The molecule has 0 aliphatic rings. The van der Waals surface area contributed by atoms with E-state index in [1.807, 2.05) is 6.07 Å². The van der Waals surface area contributed by atoms with Gasteiger partial charge in [-0.1, -0.05) is 41.9 Å². The normalized spacial score (nSPS) is 11.7. The van der Waals surface area contributed by atoms with Gasteiger partial charge in [0.25, 0.3) is 5.78 Å². The Kier molecular flexibility index (Phi) is 4.67. The quantitative estimate of drug-likeness (QED) is 0.403. The van der Waals surface area contributed by atoms with Gasteiger partial charge in [0.1, 0.15) is 5.75 Å².